The van der Waals surface area contributed by atoms with Crippen LogP contribution in [0.15, 0.2) is 12.2 Å². The largest absolute Gasteiger partial charge is 0.460 e. The number of carbonyl (C=O) groups is 1. The van der Waals surface area contributed by atoms with Crippen molar-refractivity contribution in [2.24, 2.45) is 29.6 Å². The van der Waals surface area contributed by atoms with Crippen LogP contribution < -0.4 is 0 Å². The first-order valence-electron chi connectivity index (χ1n) is 13.8. The third-order valence-electron chi connectivity index (χ3n) is 9.73. The Labute approximate surface area is 257 Å². The summed E-state index contributed by atoms with van der Waals surface area (Å²) in [6.45, 7) is 2.55. The van der Waals surface area contributed by atoms with Crippen molar-refractivity contribution >= 4 is 5.97 Å². The summed E-state index contributed by atoms with van der Waals surface area (Å²) in [5.41, 5.74) is -5.92. The van der Waals surface area contributed by atoms with Gasteiger partial charge < -0.3 is 4.74 Å². The predicted octanol–water partition coefficient (Wildman–Crippen LogP) is 10.3. The van der Waals surface area contributed by atoms with Gasteiger partial charge in [0, 0.05) is 5.92 Å². The highest BCUT2D eigenvalue weighted by Gasteiger charge is 2.95. The molecular formula is C26H24F20O2. The van der Waals surface area contributed by atoms with Crippen LogP contribution in [0.5, 0.6) is 0 Å². The number of halogens is 20. The van der Waals surface area contributed by atoms with Gasteiger partial charge in [0.25, 0.3) is 0 Å². The summed E-state index contributed by atoms with van der Waals surface area (Å²) in [5, 5.41) is 0. The lowest BCUT2D eigenvalue weighted by molar-refractivity contribution is -0.462. The number of hydrogen-bond donors (Lipinski definition) is 0. The second-order valence-corrected chi connectivity index (χ2v) is 12.6. The van der Waals surface area contributed by atoms with E-state index in [0.717, 1.165) is 0 Å². The highest BCUT2D eigenvalue weighted by Crippen LogP contribution is 2.66. The molecule has 0 radical (unpaired) electrons. The van der Waals surface area contributed by atoms with Gasteiger partial charge in [0.2, 0.25) is 0 Å². The summed E-state index contributed by atoms with van der Waals surface area (Å²) in [6.07, 6.45) is -15.6. The van der Waals surface area contributed by atoms with Crippen molar-refractivity contribution in [2.75, 3.05) is 0 Å². The maximum absolute atomic E-state index is 15.2. The van der Waals surface area contributed by atoms with Crippen molar-refractivity contribution in [3.8, 4) is 0 Å². The van der Waals surface area contributed by atoms with Gasteiger partial charge in [-0.3, -0.25) is 0 Å². The molecule has 0 saturated heterocycles. The zero-order chi connectivity index (χ0) is 37.7. The van der Waals surface area contributed by atoms with Gasteiger partial charge in [0.15, 0.2) is 0 Å². The van der Waals surface area contributed by atoms with Crippen LogP contribution in [0, 0.1) is 29.6 Å². The second-order valence-electron chi connectivity index (χ2n) is 12.6. The summed E-state index contributed by atoms with van der Waals surface area (Å²) < 4.78 is 280. The number of fused-ring (bicyclic) bond motifs is 5. The lowest BCUT2D eigenvalue weighted by Gasteiger charge is -2.50. The van der Waals surface area contributed by atoms with Crippen LogP contribution in [0.25, 0.3) is 0 Å². The predicted molar refractivity (Wildman–Crippen MR) is 120 cm³/mol. The van der Waals surface area contributed by atoms with Crippen LogP contribution in [0.1, 0.15) is 51.9 Å². The number of ether oxygens (including phenoxy) is 1. The Hall–Kier alpha value is -2.19. The van der Waals surface area contributed by atoms with Crippen LogP contribution in [0.4, 0.5) is 87.8 Å². The molecule has 3 fully saturated rings. The summed E-state index contributed by atoms with van der Waals surface area (Å²) in [5.74, 6) is -64.6. The Morgan fingerprint density at radius 3 is 1.52 bits per heavy atom. The third kappa shape index (κ3) is 5.69. The number of esters is 1. The van der Waals surface area contributed by atoms with Gasteiger partial charge in [-0.25, -0.2) is 4.79 Å². The number of carbonyl (C=O) groups excluding carboxylic acids is 1. The fourth-order valence-corrected chi connectivity index (χ4v) is 7.37. The summed E-state index contributed by atoms with van der Waals surface area (Å²) in [6, 6.07) is 0. The van der Waals surface area contributed by atoms with Gasteiger partial charge in [-0.15, -0.1) is 0 Å². The van der Waals surface area contributed by atoms with E-state index in [1.54, 1.807) is 0 Å². The highest BCUT2D eigenvalue weighted by molar-refractivity contribution is 5.89. The molecular weight excluding hydrogens is 724 g/mol. The van der Waals surface area contributed by atoms with Crippen molar-refractivity contribution < 1.29 is 97.3 Å². The summed E-state index contributed by atoms with van der Waals surface area (Å²) in [7, 11) is 0. The number of hydrogen-bond acceptors (Lipinski definition) is 2. The van der Waals surface area contributed by atoms with Gasteiger partial charge in [-0.2, -0.15) is 87.8 Å². The molecule has 3 aliphatic rings. The Morgan fingerprint density at radius 2 is 1.06 bits per heavy atom. The van der Waals surface area contributed by atoms with Crippen molar-refractivity contribution in [1.29, 1.82) is 0 Å². The quantitative estimate of drug-likeness (QED) is 0.120. The van der Waals surface area contributed by atoms with E-state index < -0.39 is 107 Å². The Kier molecular flexibility index (Phi) is 9.57. The van der Waals surface area contributed by atoms with Gasteiger partial charge in [0.1, 0.15) is 11.2 Å². The first kappa shape index (κ1) is 40.2. The smallest absolute Gasteiger partial charge is 0.455 e. The number of rotatable bonds is 11. The zero-order valence-corrected chi connectivity index (χ0v) is 23.9. The number of alkyl halides is 20. The van der Waals surface area contributed by atoms with E-state index in [1.165, 1.54) is 0 Å². The van der Waals surface area contributed by atoms with Crippen LogP contribution in [-0.4, -0.2) is 65.4 Å². The molecule has 6 atom stereocenters. The monoisotopic (exact) mass is 748 g/mol. The van der Waals surface area contributed by atoms with Crippen LogP contribution in [0.2, 0.25) is 0 Å². The first-order chi connectivity index (χ1) is 21.1. The van der Waals surface area contributed by atoms with E-state index in [9.17, 15) is 83.8 Å². The van der Waals surface area contributed by atoms with Crippen LogP contribution in [-0.2, 0) is 9.53 Å². The van der Waals surface area contributed by atoms with Gasteiger partial charge >= 0.3 is 59.8 Å². The van der Waals surface area contributed by atoms with E-state index in [0.29, 0.717) is 25.7 Å². The van der Waals surface area contributed by atoms with Gasteiger partial charge in [0.05, 0.1) is 6.42 Å². The molecule has 0 aromatic heterocycles. The Balaban J connectivity index is 2.12. The molecule has 3 rings (SSSR count). The molecule has 3 saturated carbocycles. The minimum atomic E-state index is -8.83. The van der Waals surface area contributed by atoms with Gasteiger partial charge in [-0.05, 0) is 62.7 Å². The second kappa shape index (κ2) is 11.4. The Bertz CT molecular complexity index is 1250. The van der Waals surface area contributed by atoms with Crippen LogP contribution >= 0.6 is 0 Å². The molecule has 0 aliphatic heterocycles. The molecule has 0 amide bonds. The lowest BCUT2D eigenvalue weighted by Crippen LogP contribution is -2.74. The third-order valence-corrected chi connectivity index (χ3v) is 9.73. The molecule has 48 heavy (non-hydrogen) atoms. The minimum absolute atomic E-state index is 0.00662. The van der Waals surface area contributed by atoms with E-state index >= 15 is 8.78 Å². The zero-order valence-electron chi connectivity index (χ0n) is 23.9. The fraction of sp³-hybridized carbons (Fsp3) is 0.885. The van der Waals surface area contributed by atoms with Crippen LogP contribution in [0.3, 0.4) is 0 Å². The van der Waals surface area contributed by atoms with E-state index in [-0.39, 0.29) is 19.3 Å². The first-order valence-corrected chi connectivity index (χ1v) is 13.8. The molecule has 2 bridgehead atoms. The molecule has 0 spiro atoms. The summed E-state index contributed by atoms with van der Waals surface area (Å²) in [4.78, 5) is 12.3. The maximum atomic E-state index is 15.2. The van der Waals surface area contributed by atoms with E-state index in [1.807, 2.05) is 0 Å². The topological polar surface area (TPSA) is 26.3 Å². The van der Waals surface area contributed by atoms with E-state index in [4.69, 9.17) is 0 Å². The molecule has 22 heteroatoms. The molecule has 2 nitrogen and oxygen atoms in total. The molecule has 0 N–H and O–H groups in total. The van der Waals surface area contributed by atoms with Crippen molar-refractivity contribution in [3.05, 3.63) is 12.2 Å². The average Bonchev–Trinajstić information content (AvgIpc) is 3.53. The average molecular weight is 748 g/mol. The highest BCUT2D eigenvalue weighted by atomic mass is 19.4. The normalized spacial score (nSPS) is 27.8. The molecule has 3 aliphatic carbocycles. The molecule has 280 valence electrons. The van der Waals surface area contributed by atoms with E-state index in [2.05, 4.69) is 11.3 Å². The molecule has 6 unspecified atom stereocenters. The summed E-state index contributed by atoms with van der Waals surface area (Å²) >= 11 is 0. The van der Waals surface area contributed by atoms with Crippen molar-refractivity contribution in [3.63, 3.8) is 0 Å². The Morgan fingerprint density at radius 1 is 0.625 bits per heavy atom. The SMILES string of the molecule is C=C(C(=O)OC(C)(CC(F)(F)C(F)(F)C(F)(F)C(F)(F)C(F)(F)C(F)(F)C(F)(F)C(F)(F)F)C1CCCC2C3CCC(C3)C21)C(F)(F)F. The molecule has 0 heterocycles. The van der Waals surface area contributed by atoms with Crippen molar-refractivity contribution in [2.45, 2.75) is 111 Å². The standard InChI is InChI=1S/C26H24F20O2/c1-10(19(29,30)31)16(47)48-17(2,14-5-3-4-13-11-6-7-12(8-11)15(13)14)9-18(27,28)20(32,33)21(34,35)22(36,37)23(38,39)24(40,41)25(42,43)26(44,45)46/h11-15H,1,3-9H2,2H3. The fourth-order valence-electron chi connectivity index (χ4n) is 7.37. The minimum Gasteiger partial charge on any atom is -0.455 e. The van der Waals surface area contributed by atoms with Gasteiger partial charge in [-0.1, -0.05) is 13.0 Å². The lowest BCUT2D eigenvalue weighted by atomic mass is 9.60. The molecule has 0 aromatic rings. The molecule has 0 aromatic carbocycles. The van der Waals surface area contributed by atoms with Crippen molar-refractivity contribution in [1.82, 2.24) is 0 Å². The maximum Gasteiger partial charge on any atom is 0.460 e.